The van der Waals surface area contributed by atoms with E-state index in [1.165, 1.54) is 5.56 Å². The summed E-state index contributed by atoms with van der Waals surface area (Å²) in [5.41, 5.74) is 1.52. The highest BCUT2D eigenvalue weighted by Crippen LogP contribution is 2.26. The van der Waals surface area contributed by atoms with E-state index in [0.29, 0.717) is 12.8 Å². The monoisotopic (exact) mass is 234 g/mol. The molecular weight excluding hydrogens is 212 g/mol. The molecule has 0 heterocycles. The zero-order valence-electron chi connectivity index (χ0n) is 11.0. The summed E-state index contributed by atoms with van der Waals surface area (Å²) in [6, 6.07) is 6.04. The zero-order chi connectivity index (χ0) is 12.9. The third kappa shape index (κ3) is 4.23. The molecule has 0 aliphatic rings. The molecule has 2 heteroatoms. The molecule has 0 aliphatic carbocycles. The molecule has 1 atom stereocenters. The average Bonchev–Trinajstić information content (AvgIpc) is 2.26. The van der Waals surface area contributed by atoms with Crippen molar-refractivity contribution < 1.29 is 9.84 Å². The van der Waals surface area contributed by atoms with E-state index in [4.69, 9.17) is 4.74 Å². The van der Waals surface area contributed by atoms with E-state index in [1.54, 1.807) is 7.11 Å². The van der Waals surface area contributed by atoms with Crippen LogP contribution in [0, 0.1) is 6.92 Å². The summed E-state index contributed by atoms with van der Waals surface area (Å²) >= 11 is 0. The van der Waals surface area contributed by atoms with Crippen LogP contribution < -0.4 is 4.74 Å². The van der Waals surface area contributed by atoms with Crippen molar-refractivity contribution in [3.8, 4) is 5.75 Å². The molecule has 2 nitrogen and oxygen atoms in total. The molecule has 0 saturated carbocycles. The Morgan fingerprint density at radius 1 is 1.47 bits per heavy atom. The Kier molecular flexibility index (Phi) is 4.76. The van der Waals surface area contributed by atoms with Crippen LogP contribution >= 0.6 is 0 Å². The first kappa shape index (κ1) is 13.8. The third-order valence-electron chi connectivity index (χ3n) is 2.89. The lowest BCUT2D eigenvalue weighted by atomic mass is 9.91. The number of ether oxygens (including phenoxy) is 1. The normalized spacial score (nSPS) is 14.1. The number of aryl methyl sites for hydroxylation is 1. The van der Waals surface area contributed by atoms with Crippen molar-refractivity contribution in [2.45, 2.75) is 38.7 Å². The summed E-state index contributed by atoms with van der Waals surface area (Å²) < 4.78 is 5.32. The topological polar surface area (TPSA) is 29.5 Å². The Hall–Kier alpha value is -1.28. The van der Waals surface area contributed by atoms with Crippen LogP contribution in [0.25, 0.3) is 0 Å². The van der Waals surface area contributed by atoms with E-state index in [1.807, 2.05) is 32.1 Å². The number of benzene rings is 1. The maximum Gasteiger partial charge on any atom is 0.122 e. The molecule has 17 heavy (non-hydrogen) atoms. The van der Waals surface area contributed by atoms with Gasteiger partial charge in [0.1, 0.15) is 5.75 Å². The lowest BCUT2D eigenvalue weighted by Crippen LogP contribution is -2.27. The van der Waals surface area contributed by atoms with Crippen molar-refractivity contribution in [1.29, 1.82) is 0 Å². The summed E-state index contributed by atoms with van der Waals surface area (Å²) in [6.45, 7) is 7.59. The molecule has 0 aromatic heterocycles. The Balaban J connectivity index is 2.85. The minimum Gasteiger partial charge on any atom is -0.496 e. The molecular formula is C15H22O2. The van der Waals surface area contributed by atoms with Crippen molar-refractivity contribution >= 4 is 0 Å². The summed E-state index contributed by atoms with van der Waals surface area (Å²) in [5.74, 6) is 0.842. The number of allylic oxidation sites excluding steroid dienone is 1. The average molecular weight is 234 g/mol. The number of rotatable bonds is 6. The van der Waals surface area contributed by atoms with Gasteiger partial charge in [0, 0.05) is 6.42 Å². The van der Waals surface area contributed by atoms with E-state index in [9.17, 15) is 5.11 Å². The van der Waals surface area contributed by atoms with Crippen LogP contribution in [0.5, 0.6) is 5.75 Å². The maximum absolute atomic E-state index is 10.3. The van der Waals surface area contributed by atoms with Crippen molar-refractivity contribution in [3.63, 3.8) is 0 Å². The highest BCUT2D eigenvalue weighted by molar-refractivity contribution is 5.37. The molecule has 0 radical (unpaired) electrons. The van der Waals surface area contributed by atoms with Gasteiger partial charge in [0.2, 0.25) is 0 Å². The summed E-state index contributed by atoms with van der Waals surface area (Å²) in [4.78, 5) is 0. The van der Waals surface area contributed by atoms with Crippen LogP contribution in [0.15, 0.2) is 30.9 Å². The molecule has 1 unspecified atom stereocenters. The van der Waals surface area contributed by atoms with Gasteiger partial charge in [-0.15, -0.1) is 6.58 Å². The molecule has 0 fully saturated rings. The van der Waals surface area contributed by atoms with Gasteiger partial charge in [-0.25, -0.2) is 0 Å². The molecule has 0 saturated heterocycles. The van der Waals surface area contributed by atoms with E-state index >= 15 is 0 Å². The van der Waals surface area contributed by atoms with Crippen LogP contribution in [-0.2, 0) is 6.42 Å². The SMILES string of the molecule is C=CCCC(C)(O)Cc1cc(C)ccc1OC. The van der Waals surface area contributed by atoms with Gasteiger partial charge in [0.15, 0.2) is 0 Å². The van der Waals surface area contributed by atoms with Crippen LogP contribution in [0.3, 0.4) is 0 Å². The van der Waals surface area contributed by atoms with Gasteiger partial charge in [-0.1, -0.05) is 23.8 Å². The second-order valence-electron chi connectivity index (χ2n) is 4.82. The third-order valence-corrected chi connectivity index (χ3v) is 2.89. The minimum absolute atomic E-state index is 0.603. The zero-order valence-corrected chi connectivity index (χ0v) is 11.0. The van der Waals surface area contributed by atoms with E-state index in [2.05, 4.69) is 12.6 Å². The quantitative estimate of drug-likeness (QED) is 0.765. The smallest absolute Gasteiger partial charge is 0.122 e. The lowest BCUT2D eigenvalue weighted by molar-refractivity contribution is 0.0517. The first-order valence-electron chi connectivity index (χ1n) is 5.95. The van der Waals surface area contributed by atoms with Crippen LogP contribution in [-0.4, -0.2) is 17.8 Å². The Morgan fingerprint density at radius 2 is 2.18 bits per heavy atom. The maximum atomic E-state index is 10.3. The summed E-state index contributed by atoms with van der Waals surface area (Å²) in [6.07, 6.45) is 3.97. The molecule has 1 N–H and O–H groups in total. The largest absolute Gasteiger partial charge is 0.496 e. The van der Waals surface area contributed by atoms with Crippen molar-refractivity contribution in [2.75, 3.05) is 7.11 Å². The summed E-state index contributed by atoms with van der Waals surface area (Å²) in [7, 11) is 1.66. The fraction of sp³-hybridized carbons (Fsp3) is 0.467. The standard InChI is InChI=1S/C15H22O2/c1-5-6-9-15(3,16)11-13-10-12(2)7-8-14(13)17-4/h5,7-8,10,16H,1,6,9,11H2,2-4H3. The van der Waals surface area contributed by atoms with Gasteiger partial charge in [0.25, 0.3) is 0 Å². The highest BCUT2D eigenvalue weighted by Gasteiger charge is 2.21. The van der Waals surface area contributed by atoms with Gasteiger partial charge < -0.3 is 9.84 Å². The van der Waals surface area contributed by atoms with Crippen LogP contribution in [0.2, 0.25) is 0 Å². The molecule has 0 amide bonds. The second kappa shape index (κ2) is 5.87. The van der Waals surface area contributed by atoms with Crippen molar-refractivity contribution in [3.05, 3.63) is 42.0 Å². The number of hydrogen-bond donors (Lipinski definition) is 1. The lowest BCUT2D eigenvalue weighted by Gasteiger charge is -2.24. The van der Waals surface area contributed by atoms with Crippen LogP contribution in [0.1, 0.15) is 30.9 Å². The number of hydrogen-bond acceptors (Lipinski definition) is 2. The van der Waals surface area contributed by atoms with Gasteiger partial charge in [-0.05, 0) is 38.3 Å². The molecule has 1 aromatic carbocycles. The fourth-order valence-corrected chi connectivity index (χ4v) is 1.96. The molecule has 0 bridgehead atoms. The highest BCUT2D eigenvalue weighted by atomic mass is 16.5. The van der Waals surface area contributed by atoms with Gasteiger partial charge in [-0.3, -0.25) is 0 Å². The second-order valence-corrected chi connectivity index (χ2v) is 4.82. The van der Waals surface area contributed by atoms with E-state index < -0.39 is 5.60 Å². The number of aliphatic hydroxyl groups is 1. The molecule has 0 aliphatic heterocycles. The summed E-state index contributed by atoms with van der Waals surface area (Å²) in [5, 5.41) is 10.3. The Labute approximate surface area is 104 Å². The fourth-order valence-electron chi connectivity index (χ4n) is 1.96. The minimum atomic E-state index is -0.713. The van der Waals surface area contributed by atoms with Gasteiger partial charge >= 0.3 is 0 Å². The van der Waals surface area contributed by atoms with E-state index in [-0.39, 0.29) is 0 Å². The van der Waals surface area contributed by atoms with Crippen molar-refractivity contribution in [1.82, 2.24) is 0 Å². The Bertz CT molecular complexity index is 381. The van der Waals surface area contributed by atoms with Gasteiger partial charge in [-0.2, -0.15) is 0 Å². The molecule has 94 valence electrons. The van der Waals surface area contributed by atoms with Gasteiger partial charge in [0.05, 0.1) is 12.7 Å². The predicted molar refractivity (Wildman–Crippen MR) is 71.5 cm³/mol. The van der Waals surface area contributed by atoms with Crippen molar-refractivity contribution in [2.24, 2.45) is 0 Å². The number of methoxy groups -OCH3 is 1. The van der Waals surface area contributed by atoms with Crippen LogP contribution in [0.4, 0.5) is 0 Å². The molecule has 1 aromatic rings. The van der Waals surface area contributed by atoms with E-state index in [0.717, 1.165) is 17.7 Å². The molecule has 0 spiro atoms. The first-order chi connectivity index (χ1) is 7.98. The molecule has 1 rings (SSSR count). The Morgan fingerprint density at radius 3 is 2.76 bits per heavy atom. The predicted octanol–water partition coefficient (Wildman–Crippen LogP) is 3.26. The first-order valence-corrected chi connectivity index (χ1v) is 5.95.